The fourth-order valence-corrected chi connectivity index (χ4v) is 3.45. The van der Waals surface area contributed by atoms with Crippen LogP contribution >= 0.6 is 11.8 Å². The van der Waals surface area contributed by atoms with Gasteiger partial charge in [0.15, 0.2) is 0 Å². The van der Waals surface area contributed by atoms with Gasteiger partial charge in [-0.25, -0.2) is 0 Å². The summed E-state index contributed by atoms with van der Waals surface area (Å²) >= 11 is 2.09. The van der Waals surface area contributed by atoms with E-state index in [1.807, 2.05) is 0 Å². The van der Waals surface area contributed by atoms with Gasteiger partial charge >= 0.3 is 0 Å². The minimum absolute atomic E-state index is 0.00685. The molecule has 0 bridgehead atoms. The lowest BCUT2D eigenvalue weighted by Crippen LogP contribution is -2.40. The van der Waals surface area contributed by atoms with Gasteiger partial charge in [-0.2, -0.15) is 11.8 Å². The first-order chi connectivity index (χ1) is 6.86. The Hall–Kier alpha value is 0.270. The molecule has 0 aromatic heterocycles. The highest BCUT2D eigenvalue weighted by atomic mass is 32.2. The molecule has 0 unspecified atom stereocenters. The highest BCUT2D eigenvalue weighted by Crippen LogP contribution is 2.24. The molecule has 2 nitrogen and oxygen atoms in total. The average Bonchev–Trinajstić information content (AvgIpc) is 2.47. The standard InChI is InChI=1S/C11H21NOS/c13-11-4-2-10(3-5-11)12-6-1-8-14-9-7-12/h10-11,13H,1-9H2. The molecular formula is C11H21NOS. The van der Waals surface area contributed by atoms with E-state index < -0.39 is 0 Å². The van der Waals surface area contributed by atoms with Gasteiger partial charge in [0.2, 0.25) is 0 Å². The van der Waals surface area contributed by atoms with Crippen LogP contribution in [0.2, 0.25) is 0 Å². The summed E-state index contributed by atoms with van der Waals surface area (Å²) in [5, 5.41) is 9.46. The van der Waals surface area contributed by atoms with E-state index in [4.69, 9.17) is 0 Å². The maximum absolute atomic E-state index is 9.46. The zero-order valence-corrected chi connectivity index (χ0v) is 9.64. The largest absolute Gasteiger partial charge is 0.393 e. The molecule has 0 atom stereocenters. The molecular weight excluding hydrogens is 194 g/mol. The predicted octanol–water partition coefficient (Wildman–Crippen LogP) is 1.73. The Bertz CT molecular complexity index is 161. The quantitative estimate of drug-likeness (QED) is 0.720. The zero-order chi connectivity index (χ0) is 9.80. The molecule has 2 rings (SSSR count). The average molecular weight is 215 g/mol. The van der Waals surface area contributed by atoms with Crippen LogP contribution in [-0.4, -0.2) is 46.7 Å². The minimum atomic E-state index is -0.00685. The van der Waals surface area contributed by atoms with E-state index in [9.17, 15) is 5.11 Å². The van der Waals surface area contributed by atoms with Crippen molar-refractivity contribution in [3.8, 4) is 0 Å². The van der Waals surface area contributed by atoms with Crippen molar-refractivity contribution in [2.75, 3.05) is 24.6 Å². The van der Waals surface area contributed by atoms with E-state index in [-0.39, 0.29) is 6.10 Å². The van der Waals surface area contributed by atoms with Gasteiger partial charge in [-0.3, -0.25) is 4.90 Å². The third-order valence-corrected chi connectivity index (χ3v) is 4.49. The number of rotatable bonds is 1. The summed E-state index contributed by atoms with van der Waals surface area (Å²) in [6.07, 6.45) is 5.82. The molecule has 0 spiro atoms. The van der Waals surface area contributed by atoms with Gasteiger partial charge in [-0.05, 0) is 44.4 Å². The third kappa shape index (κ3) is 2.88. The second-order valence-corrected chi connectivity index (χ2v) is 5.69. The lowest BCUT2D eigenvalue weighted by atomic mass is 9.92. The molecule has 0 amide bonds. The fraction of sp³-hybridized carbons (Fsp3) is 1.00. The van der Waals surface area contributed by atoms with Gasteiger partial charge in [-0.1, -0.05) is 0 Å². The van der Waals surface area contributed by atoms with Gasteiger partial charge < -0.3 is 5.11 Å². The lowest BCUT2D eigenvalue weighted by molar-refractivity contribution is 0.0771. The molecule has 0 aromatic rings. The molecule has 1 aliphatic carbocycles. The third-order valence-electron chi connectivity index (χ3n) is 3.44. The number of hydrogen-bond acceptors (Lipinski definition) is 3. The molecule has 82 valence electrons. The first-order valence-corrected chi connectivity index (χ1v) is 7.01. The number of aliphatic hydroxyl groups is 1. The second-order valence-electron chi connectivity index (χ2n) is 4.46. The van der Waals surface area contributed by atoms with Crippen molar-refractivity contribution in [3.63, 3.8) is 0 Å². The Morgan fingerprint density at radius 2 is 1.79 bits per heavy atom. The lowest BCUT2D eigenvalue weighted by Gasteiger charge is -2.34. The van der Waals surface area contributed by atoms with Gasteiger partial charge in [0.05, 0.1) is 6.10 Å². The van der Waals surface area contributed by atoms with Crippen molar-refractivity contribution in [3.05, 3.63) is 0 Å². The monoisotopic (exact) mass is 215 g/mol. The van der Waals surface area contributed by atoms with Crippen LogP contribution in [0.15, 0.2) is 0 Å². The van der Waals surface area contributed by atoms with Crippen LogP contribution < -0.4 is 0 Å². The van der Waals surface area contributed by atoms with E-state index in [1.165, 1.54) is 43.9 Å². The van der Waals surface area contributed by atoms with Gasteiger partial charge in [0.1, 0.15) is 0 Å². The Balaban J connectivity index is 1.81. The number of aliphatic hydroxyl groups excluding tert-OH is 1. The summed E-state index contributed by atoms with van der Waals surface area (Å²) < 4.78 is 0. The molecule has 1 saturated heterocycles. The van der Waals surface area contributed by atoms with Crippen LogP contribution in [0.25, 0.3) is 0 Å². The summed E-state index contributed by atoms with van der Waals surface area (Å²) in [5.74, 6) is 2.64. The number of hydrogen-bond donors (Lipinski definition) is 1. The van der Waals surface area contributed by atoms with Crippen LogP contribution in [0.4, 0.5) is 0 Å². The fourth-order valence-electron chi connectivity index (χ4n) is 2.55. The van der Waals surface area contributed by atoms with E-state index in [0.717, 1.165) is 18.9 Å². The highest BCUT2D eigenvalue weighted by Gasteiger charge is 2.24. The summed E-state index contributed by atoms with van der Waals surface area (Å²) in [5.41, 5.74) is 0. The molecule has 1 N–H and O–H groups in total. The van der Waals surface area contributed by atoms with Crippen molar-refractivity contribution in [2.45, 2.75) is 44.2 Å². The first kappa shape index (κ1) is 10.8. The summed E-state index contributed by atoms with van der Waals surface area (Å²) in [6.45, 7) is 2.55. The molecule has 2 fully saturated rings. The minimum Gasteiger partial charge on any atom is -0.393 e. The molecule has 1 saturated carbocycles. The number of nitrogens with zero attached hydrogens (tertiary/aromatic N) is 1. The van der Waals surface area contributed by atoms with Crippen LogP contribution in [0.1, 0.15) is 32.1 Å². The summed E-state index contributed by atoms with van der Waals surface area (Å²) in [4.78, 5) is 2.66. The van der Waals surface area contributed by atoms with E-state index in [0.29, 0.717) is 0 Å². The molecule has 1 heterocycles. The maximum atomic E-state index is 9.46. The zero-order valence-electron chi connectivity index (χ0n) is 8.82. The van der Waals surface area contributed by atoms with Gasteiger partial charge in [0.25, 0.3) is 0 Å². The molecule has 3 heteroatoms. The Kier molecular flexibility index (Phi) is 4.14. The van der Waals surface area contributed by atoms with Gasteiger partial charge in [0, 0.05) is 18.3 Å². The van der Waals surface area contributed by atoms with Crippen molar-refractivity contribution < 1.29 is 5.11 Å². The molecule has 0 aromatic carbocycles. The molecule has 1 aliphatic heterocycles. The first-order valence-electron chi connectivity index (χ1n) is 5.86. The van der Waals surface area contributed by atoms with E-state index in [2.05, 4.69) is 16.7 Å². The molecule has 0 radical (unpaired) electrons. The smallest absolute Gasteiger partial charge is 0.0541 e. The van der Waals surface area contributed by atoms with Crippen molar-refractivity contribution in [2.24, 2.45) is 0 Å². The van der Waals surface area contributed by atoms with Crippen LogP contribution in [0, 0.1) is 0 Å². The Morgan fingerprint density at radius 3 is 2.57 bits per heavy atom. The van der Waals surface area contributed by atoms with Crippen LogP contribution in [0.5, 0.6) is 0 Å². The summed E-state index contributed by atoms with van der Waals surface area (Å²) in [6, 6.07) is 0.775. The highest BCUT2D eigenvalue weighted by molar-refractivity contribution is 7.99. The van der Waals surface area contributed by atoms with E-state index in [1.54, 1.807) is 0 Å². The molecule has 14 heavy (non-hydrogen) atoms. The topological polar surface area (TPSA) is 23.5 Å². The Labute approximate surface area is 91.1 Å². The van der Waals surface area contributed by atoms with Gasteiger partial charge in [-0.15, -0.1) is 0 Å². The van der Waals surface area contributed by atoms with Crippen LogP contribution in [0.3, 0.4) is 0 Å². The van der Waals surface area contributed by atoms with E-state index >= 15 is 0 Å². The molecule has 2 aliphatic rings. The number of thioether (sulfide) groups is 1. The summed E-state index contributed by atoms with van der Waals surface area (Å²) in [7, 11) is 0. The van der Waals surface area contributed by atoms with Crippen LogP contribution in [-0.2, 0) is 0 Å². The Morgan fingerprint density at radius 1 is 1.00 bits per heavy atom. The normalized spacial score (nSPS) is 36.6. The van der Waals surface area contributed by atoms with Crippen molar-refractivity contribution >= 4 is 11.8 Å². The maximum Gasteiger partial charge on any atom is 0.0541 e. The van der Waals surface area contributed by atoms with Crippen molar-refractivity contribution in [1.82, 2.24) is 4.90 Å². The SMILES string of the molecule is OC1CCC(N2CCCSCC2)CC1. The second kappa shape index (κ2) is 5.38. The predicted molar refractivity (Wildman–Crippen MR) is 61.8 cm³/mol. The van der Waals surface area contributed by atoms with Crippen molar-refractivity contribution in [1.29, 1.82) is 0 Å².